The quantitative estimate of drug-likeness (QED) is 0.758. The third kappa shape index (κ3) is 5.70. The Labute approximate surface area is 100 Å². The molecule has 1 fully saturated rings. The SMILES string of the molecule is CC1CCN(CCOCC(F)(F)F)C(CN)C1. The largest absolute Gasteiger partial charge is 0.411 e. The molecule has 3 nitrogen and oxygen atoms in total. The summed E-state index contributed by atoms with van der Waals surface area (Å²) in [6.07, 6.45) is -2.13. The van der Waals surface area contributed by atoms with Crippen LogP contribution in [0.5, 0.6) is 0 Å². The van der Waals surface area contributed by atoms with Gasteiger partial charge in [0.2, 0.25) is 0 Å². The molecule has 1 saturated heterocycles. The highest BCUT2D eigenvalue weighted by molar-refractivity contribution is 4.80. The summed E-state index contributed by atoms with van der Waals surface area (Å²) in [6, 6.07) is 0.285. The van der Waals surface area contributed by atoms with Crippen molar-refractivity contribution in [1.29, 1.82) is 0 Å². The lowest BCUT2D eigenvalue weighted by Crippen LogP contribution is -2.47. The minimum atomic E-state index is -4.23. The summed E-state index contributed by atoms with van der Waals surface area (Å²) < 4.78 is 40.2. The maximum Gasteiger partial charge on any atom is 0.411 e. The van der Waals surface area contributed by atoms with Crippen LogP contribution >= 0.6 is 0 Å². The van der Waals surface area contributed by atoms with E-state index in [0.717, 1.165) is 19.4 Å². The fourth-order valence-corrected chi connectivity index (χ4v) is 2.21. The van der Waals surface area contributed by atoms with E-state index in [1.165, 1.54) is 0 Å². The number of piperidine rings is 1. The van der Waals surface area contributed by atoms with Crippen LogP contribution in [0.1, 0.15) is 19.8 Å². The number of hydrogen-bond donors (Lipinski definition) is 1. The standard InChI is InChI=1S/C11H21F3N2O/c1-9-2-3-16(10(6-9)7-15)4-5-17-8-11(12,13)14/h9-10H,2-8,15H2,1H3. The van der Waals surface area contributed by atoms with E-state index in [-0.39, 0.29) is 12.6 Å². The maximum absolute atomic E-state index is 11.9. The van der Waals surface area contributed by atoms with E-state index in [2.05, 4.69) is 16.6 Å². The van der Waals surface area contributed by atoms with Crippen LogP contribution in [0.4, 0.5) is 13.2 Å². The van der Waals surface area contributed by atoms with Gasteiger partial charge < -0.3 is 10.5 Å². The van der Waals surface area contributed by atoms with Crippen LogP contribution < -0.4 is 5.73 Å². The second-order valence-electron chi connectivity index (χ2n) is 4.72. The smallest absolute Gasteiger partial charge is 0.371 e. The van der Waals surface area contributed by atoms with Crippen molar-refractivity contribution in [3.8, 4) is 0 Å². The number of halogens is 3. The van der Waals surface area contributed by atoms with Gasteiger partial charge in [-0.2, -0.15) is 13.2 Å². The fourth-order valence-electron chi connectivity index (χ4n) is 2.21. The van der Waals surface area contributed by atoms with E-state index in [0.29, 0.717) is 19.0 Å². The summed E-state index contributed by atoms with van der Waals surface area (Å²) in [4.78, 5) is 2.14. The van der Waals surface area contributed by atoms with Crippen molar-refractivity contribution in [3.05, 3.63) is 0 Å². The highest BCUT2D eigenvalue weighted by atomic mass is 19.4. The highest BCUT2D eigenvalue weighted by Crippen LogP contribution is 2.21. The zero-order valence-corrected chi connectivity index (χ0v) is 10.2. The summed E-state index contributed by atoms with van der Waals surface area (Å²) in [5.74, 6) is 0.649. The molecule has 0 aliphatic carbocycles. The summed E-state index contributed by atoms with van der Waals surface area (Å²) >= 11 is 0. The molecule has 6 heteroatoms. The molecule has 0 bridgehead atoms. The van der Waals surface area contributed by atoms with Gasteiger partial charge in [0.1, 0.15) is 6.61 Å². The lowest BCUT2D eigenvalue weighted by molar-refractivity contribution is -0.175. The highest BCUT2D eigenvalue weighted by Gasteiger charge is 2.28. The maximum atomic E-state index is 11.9. The molecule has 0 radical (unpaired) electrons. The summed E-state index contributed by atoms with van der Waals surface area (Å²) in [5.41, 5.74) is 5.67. The monoisotopic (exact) mass is 254 g/mol. The minimum absolute atomic E-state index is 0.115. The Hall–Kier alpha value is -0.330. The molecule has 0 aromatic heterocycles. The molecule has 0 aromatic carbocycles. The Balaban J connectivity index is 2.21. The Bertz CT molecular complexity index is 223. The van der Waals surface area contributed by atoms with Crippen molar-refractivity contribution >= 4 is 0 Å². The lowest BCUT2D eigenvalue weighted by Gasteiger charge is -2.37. The molecule has 102 valence electrons. The number of rotatable bonds is 5. The van der Waals surface area contributed by atoms with Gasteiger partial charge in [-0.25, -0.2) is 0 Å². The predicted molar refractivity (Wildman–Crippen MR) is 59.7 cm³/mol. The van der Waals surface area contributed by atoms with Gasteiger partial charge in [-0.3, -0.25) is 4.90 Å². The molecule has 0 amide bonds. The van der Waals surface area contributed by atoms with Crippen molar-refractivity contribution in [3.63, 3.8) is 0 Å². The van der Waals surface area contributed by atoms with Crippen molar-refractivity contribution in [1.82, 2.24) is 4.90 Å². The first kappa shape index (κ1) is 14.7. The van der Waals surface area contributed by atoms with Gasteiger partial charge in [-0.1, -0.05) is 6.92 Å². The fraction of sp³-hybridized carbons (Fsp3) is 1.00. The molecule has 2 atom stereocenters. The van der Waals surface area contributed by atoms with Gasteiger partial charge in [-0.15, -0.1) is 0 Å². The molecular weight excluding hydrogens is 233 g/mol. The second kappa shape index (κ2) is 6.56. The number of nitrogens with two attached hydrogens (primary N) is 1. The van der Waals surface area contributed by atoms with E-state index in [1.807, 2.05) is 0 Å². The van der Waals surface area contributed by atoms with Gasteiger partial charge in [-0.05, 0) is 25.3 Å². The first-order chi connectivity index (χ1) is 7.92. The summed E-state index contributed by atoms with van der Waals surface area (Å²) in [7, 11) is 0. The number of nitrogens with zero attached hydrogens (tertiary/aromatic N) is 1. The topological polar surface area (TPSA) is 38.5 Å². The number of hydrogen-bond acceptors (Lipinski definition) is 3. The van der Waals surface area contributed by atoms with Crippen LogP contribution in [0, 0.1) is 5.92 Å². The Kier molecular flexibility index (Phi) is 5.69. The van der Waals surface area contributed by atoms with Crippen LogP contribution in [-0.4, -0.2) is 50.0 Å². The van der Waals surface area contributed by atoms with Gasteiger partial charge in [0, 0.05) is 19.1 Å². The first-order valence-electron chi connectivity index (χ1n) is 6.01. The molecule has 2 N–H and O–H groups in total. The third-order valence-corrected chi connectivity index (χ3v) is 3.16. The summed E-state index contributed by atoms with van der Waals surface area (Å²) in [6.45, 7) is 3.13. The molecule has 1 rings (SSSR count). The van der Waals surface area contributed by atoms with Crippen LogP contribution in [-0.2, 0) is 4.74 Å². The predicted octanol–water partition coefficient (Wildman–Crippen LogP) is 1.62. The molecule has 1 heterocycles. The average Bonchev–Trinajstić information content (AvgIpc) is 2.24. The van der Waals surface area contributed by atoms with Gasteiger partial charge in [0.05, 0.1) is 6.61 Å². The molecule has 1 aliphatic rings. The van der Waals surface area contributed by atoms with Crippen molar-refractivity contribution < 1.29 is 17.9 Å². The Morgan fingerprint density at radius 2 is 2.12 bits per heavy atom. The van der Waals surface area contributed by atoms with Crippen LogP contribution in [0.25, 0.3) is 0 Å². The second-order valence-corrected chi connectivity index (χ2v) is 4.72. The lowest BCUT2D eigenvalue weighted by atomic mass is 9.92. The zero-order chi connectivity index (χ0) is 12.9. The average molecular weight is 254 g/mol. The van der Waals surface area contributed by atoms with Crippen LogP contribution in [0.2, 0.25) is 0 Å². The number of likely N-dealkylation sites (tertiary alicyclic amines) is 1. The van der Waals surface area contributed by atoms with Gasteiger partial charge in [0.25, 0.3) is 0 Å². The number of ether oxygens (including phenoxy) is 1. The molecule has 1 aliphatic heterocycles. The molecule has 0 saturated carbocycles. The van der Waals surface area contributed by atoms with E-state index in [1.54, 1.807) is 0 Å². The number of alkyl halides is 3. The zero-order valence-electron chi connectivity index (χ0n) is 10.2. The molecule has 17 heavy (non-hydrogen) atoms. The van der Waals surface area contributed by atoms with Crippen LogP contribution in [0.3, 0.4) is 0 Å². The molecule has 0 spiro atoms. The Morgan fingerprint density at radius 1 is 1.41 bits per heavy atom. The van der Waals surface area contributed by atoms with E-state index < -0.39 is 12.8 Å². The first-order valence-corrected chi connectivity index (χ1v) is 6.01. The Morgan fingerprint density at radius 3 is 2.71 bits per heavy atom. The van der Waals surface area contributed by atoms with Crippen molar-refractivity contribution in [2.75, 3.05) is 32.8 Å². The van der Waals surface area contributed by atoms with E-state index >= 15 is 0 Å². The van der Waals surface area contributed by atoms with E-state index in [4.69, 9.17) is 5.73 Å². The molecular formula is C11H21F3N2O. The normalized spacial score (nSPS) is 27.4. The van der Waals surface area contributed by atoms with Gasteiger partial charge in [0.15, 0.2) is 0 Å². The van der Waals surface area contributed by atoms with Gasteiger partial charge >= 0.3 is 6.18 Å². The minimum Gasteiger partial charge on any atom is -0.371 e. The third-order valence-electron chi connectivity index (χ3n) is 3.16. The van der Waals surface area contributed by atoms with Crippen molar-refractivity contribution in [2.45, 2.75) is 32.0 Å². The van der Waals surface area contributed by atoms with E-state index in [9.17, 15) is 13.2 Å². The van der Waals surface area contributed by atoms with Crippen LogP contribution in [0.15, 0.2) is 0 Å². The molecule has 0 aromatic rings. The molecule has 2 unspecified atom stereocenters. The summed E-state index contributed by atoms with van der Waals surface area (Å²) in [5, 5.41) is 0. The van der Waals surface area contributed by atoms with Crippen molar-refractivity contribution in [2.24, 2.45) is 11.7 Å².